The van der Waals surface area contributed by atoms with Crippen molar-refractivity contribution in [3.63, 3.8) is 0 Å². The lowest BCUT2D eigenvalue weighted by atomic mass is 9.97. The highest BCUT2D eigenvalue weighted by Gasteiger charge is 2.48. The number of esters is 2. The molecule has 10 heteroatoms. The summed E-state index contributed by atoms with van der Waals surface area (Å²) in [6.45, 7) is 5.92. The third kappa shape index (κ3) is 6.12. The summed E-state index contributed by atoms with van der Waals surface area (Å²) in [5, 5.41) is 0. The largest absolute Gasteiger partial charge is 0.463 e. The Morgan fingerprint density at radius 1 is 1.06 bits per heavy atom. The fourth-order valence-corrected chi connectivity index (χ4v) is 3.97. The third-order valence-corrected chi connectivity index (χ3v) is 5.70. The molecule has 1 aliphatic rings. The molecule has 1 unspecified atom stereocenters. The van der Waals surface area contributed by atoms with Crippen molar-refractivity contribution in [1.29, 1.82) is 0 Å². The summed E-state index contributed by atoms with van der Waals surface area (Å²) in [7, 11) is 1.20. The minimum atomic E-state index is -1.07. The molecule has 3 amide bonds. The summed E-state index contributed by atoms with van der Waals surface area (Å²) >= 11 is 0. The first-order chi connectivity index (χ1) is 16.1. The van der Waals surface area contributed by atoms with E-state index in [-0.39, 0.29) is 31.5 Å². The molecule has 1 saturated heterocycles. The van der Waals surface area contributed by atoms with Crippen LogP contribution in [-0.2, 0) is 33.4 Å². The van der Waals surface area contributed by atoms with Crippen LogP contribution in [0.4, 0.5) is 16.2 Å². The number of imide groups is 1. The molecule has 0 bridgehead atoms. The Balaban J connectivity index is 2.41. The lowest BCUT2D eigenvalue weighted by molar-refractivity contribution is -0.147. The monoisotopic (exact) mass is 476 g/mol. The number of carbonyl (C=O) groups is 5. The molecule has 1 aliphatic heterocycles. The zero-order valence-corrected chi connectivity index (χ0v) is 20.3. The Morgan fingerprint density at radius 2 is 1.62 bits per heavy atom. The van der Waals surface area contributed by atoms with Crippen LogP contribution >= 0.6 is 0 Å². The number of ether oxygens (including phenoxy) is 3. The molecule has 186 valence electrons. The quantitative estimate of drug-likeness (QED) is 0.394. The van der Waals surface area contributed by atoms with Crippen molar-refractivity contribution in [1.82, 2.24) is 0 Å². The topological polar surface area (TPSA) is 120 Å². The maximum atomic E-state index is 12.9. The standard InChI is InChI=1S/C24H32N2O8/c1-6-7-16(2)22(30)25(23(31)32-5)19-8-10-20(11-9-19)26-21(29)12-13-24(26,14-33-17(3)27)15-34-18(4)28/h8-11,16H,6-7,12-15H2,1-5H3. The second-order valence-corrected chi connectivity index (χ2v) is 8.36. The van der Waals surface area contributed by atoms with Crippen LogP contribution in [0.3, 0.4) is 0 Å². The number of methoxy groups -OCH3 is 1. The van der Waals surface area contributed by atoms with E-state index in [2.05, 4.69) is 0 Å². The van der Waals surface area contributed by atoms with E-state index in [1.165, 1.54) is 38.0 Å². The van der Waals surface area contributed by atoms with Gasteiger partial charge in [0, 0.05) is 31.9 Å². The third-order valence-electron chi connectivity index (χ3n) is 5.70. The molecule has 10 nitrogen and oxygen atoms in total. The number of amides is 3. The lowest BCUT2D eigenvalue weighted by Gasteiger charge is -2.37. The van der Waals surface area contributed by atoms with Crippen LogP contribution in [0.15, 0.2) is 24.3 Å². The van der Waals surface area contributed by atoms with E-state index in [9.17, 15) is 24.0 Å². The van der Waals surface area contributed by atoms with Crippen LogP contribution < -0.4 is 9.80 Å². The van der Waals surface area contributed by atoms with Crippen molar-refractivity contribution in [2.24, 2.45) is 5.92 Å². The summed E-state index contributed by atoms with van der Waals surface area (Å²) in [5.41, 5.74) is -0.325. The van der Waals surface area contributed by atoms with Crippen molar-refractivity contribution >= 4 is 41.2 Å². The van der Waals surface area contributed by atoms with Gasteiger partial charge in [-0.15, -0.1) is 0 Å². The number of hydrogen-bond acceptors (Lipinski definition) is 8. The first-order valence-corrected chi connectivity index (χ1v) is 11.2. The molecule has 1 aromatic rings. The van der Waals surface area contributed by atoms with Gasteiger partial charge in [0.05, 0.1) is 12.8 Å². The highest BCUT2D eigenvalue weighted by atomic mass is 16.6. The summed E-state index contributed by atoms with van der Waals surface area (Å²) in [6.07, 6.45) is 1.07. The molecule has 0 aliphatic carbocycles. The van der Waals surface area contributed by atoms with Gasteiger partial charge in [-0.2, -0.15) is 0 Å². The fourth-order valence-electron chi connectivity index (χ4n) is 3.97. The van der Waals surface area contributed by atoms with Crippen molar-refractivity contribution in [2.45, 2.75) is 58.9 Å². The van der Waals surface area contributed by atoms with Crippen LogP contribution in [-0.4, -0.2) is 55.7 Å². The Morgan fingerprint density at radius 3 is 2.09 bits per heavy atom. The number of anilines is 2. The number of carbonyl (C=O) groups excluding carboxylic acids is 5. The molecule has 0 spiro atoms. The van der Waals surface area contributed by atoms with Crippen LogP contribution in [0.2, 0.25) is 0 Å². The molecule has 2 rings (SSSR count). The summed E-state index contributed by atoms with van der Waals surface area (Å²) in [6, 6.07) is 6.25. The molecule has 1 heterocycles. The molecule has 1 fully saturated rings. The maximum Gasteiger partial charge on any atom is 0.420 e. The predicted octanol–water partition coefficient (Wildman–Crippen LogP) is 3.21. The van der Waals surface area contributed by atoms with E-state index in [1.807, 2.05) is 6.92 Å². The molecule has 1 aromatic carbocycles. The van der Waals surface area contributed by atoms with Gasteiger partial charge in [0.15, 0.2) is 0 Å². The van der Waals surface area contributed by atoms with Gasteiger partial charge in [-0.3, -0.25) is 24.1 Å². The van der Waals surface area contributed by atoms with Crippen LogP contribution in [0.5, 0.6) is 0 Å². The zero-order valence-electron chi connectivity index (χ0n) is 20.3. The molecule has 0 aromatic heterocycles. The second kappa shape index (κ2) is 11.6. The summed E-state index contributed by atoms with van der Waals surface area (Å²) < 4.78 is 15.2. The van der Waals surface area contributed by atoms with Gasteiger partial charge in [0.1, 0.15) is 18.8 Å². The smallest absolute Gasteiger partial charge is 0.420 e. The highest BCUT2D eigenvalue weighted by molar-refractivity contribution is 6.13. The summed E-state index contributed by atoms with van der Waals surface area (Å²) in [4.78, 5) is 63.5. The second-order valence-electron chi connectivity index (χ2n) is 8.36. The van der Waals surface area contributed by atoms with Crippen LogP contribution in [0.25, 0.3) is 0 Å². The number of benzene rings is 1. The van der Waals surface area contributed by atoms with E-state index < -0.39 is 29.5 Å². The molecule has 0 radical (unpaired) electrons. The van der Waals surface area contributed by atoms with Crippen LogP contribution in [0.1, 0.15) is 53.4 Å². The van der Waals surface area contributed by atoms with Gasteiger partial charge in [0.25, 0.3) is 0 Å². The lowest BCUT2D eigenvalue weighted by Crippen LogP contribution is -2.53. The molecule has 0 N–H and O–H groups in total. The molecular formula is C24H32N2O8. The van der Waals surface area contributed by atoms with E-state index in [4.69, 9.17) is 14.2 Å². The average molecular weight is 477 g/mol. The predicted molar refractivity (Wildman–Crippen MR) is 123 cm³/mol. The first kappa shape index (κ1) is 26.8. The molecular weight excluding hydrogens is 444 g/mol. The van der Waals surface area contributed by atoms with Crippen molar-refractivity contribution < 1.29 is 38.2 Å². The molecule has 34 heavy (non-hydrogen) atoms. The Labute approximate surface area is 199 Å². The van der Waals surface area contributed by atoms with E-state index >= 15 is 0 Å². The van der Waals surface area contributed by atoms with Crippen LogP contribution in [0, 0.1) is 5.92 Å². The van der Waals surface area contributed by atoms with Gasteiger partial charge >= 0.3 is 18.0 Å². The number of hydrogen-bond donors (Lipinski definition) is 0. The Hall–Kier alpha value is -3.43. The van der Waals surface area contributed by atoms with Gasteiger partial charge in [-0.1, -0.05) is 20.3 Å². The molecule has 1 atom stereocenters. The average Bonchev–Trinajstić information content (AvgIpc) is 3.13. The Bertz CT molecular complexity index is 909. The molecule has 0 saturated carbocycles. The van der Waals surface area contributed by atoms with Gasteiger partial charge < -0.3 is 14.2 Å². The minimum Gasteiger partial charge on any atom is -0.463 e. The van der Waals surface area contributed by atoms with Gasteiger partial charge in [-0.05, 0) is 37.1 Å². The first-order valence-electron chi connectivity index (χ1n) is 11.2. The van der Waals surface area contributed by atoms with E-state index in [0.29, 0.717) is 24.2 Å². The number of nitrogens with zero attached hydrogens (tertiary/aromatic N) is 2. The maximum absolute atomic E-state index is 12.9. The Kier molecular flexibility index (Phi) is 9.17. The van der Waals surface area contributed by atoms with E-state index in [1.54, 1.807) is 19.1 Å². The van der Waals surface area contributed by atoms with Crippen molar-refractivity contribution in [3.8, 4) is 0 Å². The zero-order chi connectivity index (χ0) is 25.5. The normalized spacial score (nSPS) is 15.4. The fraction of sp³-hybridized carbons (Fsp3) is 0.542. The van der Waals surface area contributed by atoms with Gasteiger partial charge in [0.2, 0.25) is 11.8 Å². The number of rotatable bonds is 9. The van der Waals surface area contributed by atoms with Crippen molar-refractivity contribution in [2.75, 3.05) is 30.1 Å². The van der Waals surface area contributed by atoms with E-state index in [0.717, 1.165) is 11.3 Å². The van der Waals surface area contributed by atoms with Crippen molar-refractivity contribution in [3.05, 3.63) is 24.3 Å². The SMILES string of the molecule is CCCC(C)C(=O)N(C(=O)OC)c1ccc(N2C(=O)CCC2(COC(C)=O)COC(C)=O)cc1. The highest BCUT2D eigenvalue weighted by Crippen LogP contribution is 2.37. The summed E-state index contributed by atoms with van der Waals surface area (Å²) in [5.74, 6) is -2.05. The minimum absolute atomic E-state index is 0.148. The van der Waals surface area contributed by atoms with Gasteiger partial charge in [-0.25, -0.2) is 9.69 Å².